The number of urea groups is 1. The summed E-state index contributed by atoms with van der Waals surface area (Å²) in [4.78, 5) is 13.0. The molecule has 2 amide bonds. The number of carbonyl (C=O) groups is 1. The first-order valence-electron chi connectivity index (χ1n) is 7.31. The molecule has 3 aromatic heterocycles. The molecule has 7 heteroatoms. The second-order valence-electron chi connectivity index (χ2n) is 5.10. The number of carbonyl (C=O) groups excluding carboxylic acids is 1. The van der Waals surface area contributed by atoms with Gasteiger partial charge >= 0.3 is 6.03 Å². The minimum atomic E-state index is -0.188. The number of rotatable bonds is 5. The lowest BCUT2D eigenvalue weighted by Crippen LogP contribution is -2.31. The third kappa shape index (κ3) is 3.62. The number of anilines is 1. The summed E-state index contributed by atoms with van der Waals surface area (Å²) in [6.45, 7) is 5.27. The minimum absolute atomic E-state index is 0.188. The van der Waals surface area contributed by atoms with Gasteiger partial charge in [0.25, 0.3) is 0 Å². The molecule has 0 saturated heterocycles. The number of aryl methyl sites for hydroxylation is 1. The molecule has 0 aliphatic rings. The SMILES string of the molecule is Cc1nn(CCNC(=O)Nc2cccs2)c(C)c1-c1cccs1. The van der Waals surface area contributed by atoms with Crippen molar-refractivity contribution in [3.63, 3.8) is 0 Å². The van der Waals surface area contributed by atoms with Crippen molar-refractivity contribution in [2.24, 2.45) is 0 Å². The van der Waals surface area contributed by atoms with Crippen molar-refractivity contribution in [1.82, 2.24) is 15.1 Å². The smallest absolute Gasteiger partial charge is 0.319 e. The molecule has 0 unspecified atom stereocenters. The largest absolute Gasteiger partial charge is 0.336 e. The third-order valence-corrected chi connectivity index (χ3v) is 5.19. The van der Waals surface area contributed by atoms with Gasteiger partial charge in [-0.3, -0.25) is 10.00 Å². The Labute approximate surface area is 143 Å². The van der Waals surface area contributed by atoms with E-state index in [1.165, 1.54) is 21.8 Å². The highest BCUT2D eigenvalue weighted by atomic mass is 32.1. The first-order valence-corrected chi connectivity index (χ1v) is 9.07. The zero-order chi connectivity index (χ0) is 16.2. The van der Waals surface area contributed by atoms with Crippen molar-refractivity contribution in [1.29, 1.82) is 0 Å². The maximum Gasteiger partial charge on any atom is 0.319 e. The molecule has 0 atom stereocenters. The molecule has 0 spiro atoms. The summed E-state index contributed by atoms with van der Waals surface area (Å²) in [5.41, 5.74) is 3.35. The van der Waals surface area contributed by atoms with Gasteiger partial charge in [0.1, 0.15) is 0 Å². The van der Waals surface area contributed by atoms with Crippen LogP contribution in [0.4, 0.5) is 9.80 Å². The molecule has 3 heterocycles. The van der Waals surface area contributed by atoms with Crippen LogP contribution in [0.2, 0.25) is 0 Å². The number of aromatic nitrogens is 2. The van der Waals surface area contributed by atoms with Gasteiger partial charge in [-0.1, -0.05) is 6.07 Å². The Morgan fingerprint density at radius 3 is 2.70 bits per heavy atom. The highest BCUT2D eigenvalue weighted by Gasteiger charge is 2.14. The summed E-state index contributed by atoms with van der Waals surface area (Å²) in [5, 5.41) is 15.1. The quantitative estimate of drug-likeness (QED) is 0.730. The summed E-state index contributed by atoms with van der Waals surface area (Å²) in [7, 11) is 0. The second kappa shape index (κ2) is 6.97. The van der Waals surface area contributed by atoms with E-state index in [-0.39, 0.29) is 6.03 Å². The predicted octanol–water partition coefficient (Wildman–Crippen LogP) is 4.11. The molecule has 120 valence electrons. The van der Waals surface area contributed by atoms with E-state index in [1.54, 1.807) is 11.3 Å². The molecule has 23 heavy (non-hydrogen) atoms. The van der Waals surface area contributed by atoms with Crippen LogP contribution in [0.3, 0.4) is 0 Å². The standard InChI is InChI=1S/C16H18N4OS2/c1-11-15(13-5-3-9-22-13)12(2)20(19-11)8-7-17-16(21)18-14-6-4-10-23-14/h3-6,9-10H,7-8H2,1-2H3,(H2,17,18,21). The van der Waals surface area contributed by atoms with E-state index in [0.717, 1.165) is 16.4 Å². The van der Waals surface area contributed by atoms with E-state index >= 15 is 0 Å². The maximum atomic E-state index is 11.8. The fourth-order valence-electron chi connectivity index (χ4n) is 2.47. The lowest BCUT2D eigenvalue weighted by Gasteiger charge is -2.08. The van der Waals surface area contributed by atoms with Crippen molar-refractivity contribution in [3.8, 4) is 10.4 Å². The van der Waals surface area contributed by atoms with Gasteiger partial charge in [0.2, 0.25) is 0 Å². The van der Waals surface area contributed by atoms with Crippen LogP contribution in [-0.4, -0.2) is 22.4 Å². The monoisotopic (exact) mass is 346 g/mol. The van der Waals surface area contributed by atoms with Crippen LogP contribution in [0.15, 0.2) is 35.0 Å². The van der Waals surface area contributed by atoms with Crippen LogP contribution in [0.25, 0.3) is 10.4 Å². The van der Waals surface area contributed by atoms with Crippen LogP contribution in [0.1, 0.15) is 11.4 Å². The average Bonchev–Trinajstić information content (AvgIpc) is 3.23. The number of thiophene rings is 2. The maximum absolute atomic E-state index is 11.8. The Kier molecular flexibility index (Phi) is 4.78. The fraction of sp³-hybridized carbons (Fsp3) is 0.250. The molecule has 3 rings (SSSR count). The van der Waals surface area contributed by atoms with Gasteiger partial charge in [-0.25, -0.2) is 4.79 Å². The highest BCUT2D eigenvalue weighted by molar-refractivity contribution is 7.14. The van der Waals surface area contributed by atoms with E-state index < -0.39 is 0 Å². The number of nitrogens with one attached hydrogen (secondary N) is 2. The van der Waals surface area contributed by atoms with E-state index in [2.05, 4.69) is 34.1 Å². The van der Waals surface area contributed by atoms with Gasteiger partial charge < -0.3 is 5.32 Å². The van der Waals surface area contributed by atoms with Gasteiger partial charge in [-0.05, 0) is 42.8 Å². The summed E-state index contributed by atoms with van der Waals surface area (Å²) in [5.74, 6) is 0. The fourth-order valence-corrected chi connectivity index (χ4v) is 3.96. The van der Waals surface area contributed by atoms with E-state index in [9.17, 15) is 4.79 Å². The van der Waals surface area contributed by atoms with E-state index in [4.69, 9.17) is 0 Å². The van der Waals surface area contributed by atoms with Gasteiger partial charge in [-0.15, -0.1) is 22.7 Å². The first-order chi connectivity index (χ1) is 11.1. The van der Waals surface area contributed by atoms with Gasteiger partial charge in [0.05, 0.1) is 17.2 Å². The molecule has 2 N–H and O–H groups in total. The Balaban J connectivity index is 1.59. The average molecular weight is 346 g/mol. The van der Waals surface area contributed by atoms with E-state index in [0.29, 0.717) is 13.1 Å². The Morgan fingerprint density at radius 1 is 1.22 bits per heavy atom. The molecule has 0 aromatic carbocycles. The normalized spacial score (nSPS) is 10.7. The van der Waals surface area contributed by atoms with Crippen LogP contribution in [0, 0.1) is 13.8 Å². The topological polar surface area (TPSA) is 59.0 Å². The summed E-state index contributed by atoms with van der Waals surface area (Å²) < 4.78 is 1.95. The van der Waals surface area contributed by atoms with Crippen LogP contribution in [0.5, 0.6) is 0 Å². The number of nitrogens with zero attached hydrogens (tertiary/aromatic N) is 2. The lowest BCUT2D eigenvalue weighted by atomic mass is 10.1. The molecule has 0 radical (unpaired) electrons. The number of hydrogen-bond donors (Lipinski definition) is 2. The van der Waals surface area contributed by atoms with Crippen LogP contribution in [-0.2, 0) is 6.54 Å². The first kappa shape index (κ1) is 15.8. The molecule has 0 aliphatic carbocycles. The predicted molar refractivity (Wildman–Crippen MR) is 96.4 cm³/mol. The van der Waals surface area contributed by atoms with Crippen LogP contribution < -0.4 is 10.6 Å². The molecule has 0 saturated carbocycles. The number of amides is 2. The summed E-state index contributed by atoms with van der Waals surface area (Å²) in [6, 6.07) is 7.75. The lowest BCUT2D eigenvalue weighted by molar-refractivity contribution is 0.251. The van der Waals surface area contributed by atoms with Crippen molar-refractivity contribution in [2.75, 3.05) is 11.9 Å². The Bertz CT molecular complexity index is 775. The van der Waals surface area contributed by atoms with Crippen molar-refractivity contribution >= 4 is 33.7 Å². The highest BCUT2D eigenvalue weighted by Crippen LogP contribution is 2.30. The van der Waals surface area contributed by atoms with Crippen molar-refractivity contribution < 1.29 is 4.79 Å². The van der Waals surface area contributed by atoms with Crippen molar-refractivity contribution in [2.45, 2.75) is 20.4 Å². The van der Waals surface area contributed by atoms with Gasteiger partial charge in [-0.2, -0.15) is 5.10 Å². The van der Waals surface area contributed by atoms with Crippen molar-refractivity contribution in [3.05, 3.63) is 46.4 Å². The van der Waals surface area contributed by atoms with Gasteiger partial charge in [0.15, 0.2) is 0 Å². The molecule has 3 aromatic rings. The zero-order valence-electron chi connectivity index (χ0n) is 13.0. The second-order valence-corrected chi connectivity index (χ2v) is 7.00. The third-order valence-electron chi connectivity index (χ3n) is 3.52. The summed E-state index contributed by atoms with van der Waals surface area (Å²) >= 11 is 3.22. The molecule has 5 nitrogen and oxygen atoms in total. The van der Waals surface area contributed by atoms with Crippen LogP contribution >= 0.6 is 22.7 Å². The molecular formula is C16H18N4OS2. The summed E-state index contributed by atoms with van der Waals surface area (Å²) in [6.07, 6.45) is 0. The molecular weight excluding hydrogens is 328 g/mol. The Morgan fingerprint density at radius 2 is 2.00 bits per heavy atom. The molecule has 0 bridgehead atoms. The van der Waals surface area contributed by atoms with E-state index in [1.807, 2.05) is 35.2 Å². The van der Waals surface area contributed by atoms with Gasteiger partial charge in [0, 0.05) is 22.7 Å². The molecule has 0 aliphatic heterocycles. The zero-order valence-corrected chi connectivity index (χ0v) is 14.6. The Hall–Kier alpha value is -2.12. The molecule has 0 fully saturated rings. The number of hydrogen-bond acceptors (Lipinski definition) is 4. The minimum Gasteiger partial charge on any atom is -0.336 e.